The molecule has 1 aliphatic heterocycles. The highest BCUT2D eigenvalue weighted by Gasteiger charge is 2.40. The zero-order valence-corrected chi connectivity index (χ0v) is 14.7. The highest BCUT2D eigenvalue weighted by atomic mass is 32.2. The van der Waals surface area contributed by atoms with Gasteiger partial charge in [-0.05, 0) is 11.6 Å². The van der Waals surface area contributed by atoms with Gasteiger partial charge in [0.2, 0.25) is 17.4 Å². The van der Waals surface area contributed by atoms with Gasteiger partial charge in [0.1, 0.15) is 11.5 Å². The van der Waals surface area contributed by atoms with Crippen LogP contribution in [0.25, 0.3) is 0 Å². The van der Waals surface area contributed by atoms with Crippen LogP contribution in [0.4, 0.5) is 0 Å². The molecule has 0 amide bonds. The van der Waals surface area contributed by atoms with E-state index in [0.717, 1.165) is 0 Å². The zero-order valence-electron chi connectivity index (χ0n) is 14.8. The predicted molar refractivity (Wildman–Crippen MR) is 93.2 cm³/mol. The summed E-state index contributed by atoms with van der Waals surface area (Å²) in [5.41, 5.74) is 6.22. The van der Waals surface area contributed by atoms with Crippen molar-refractivity contribution in [3.8, 4) is 5.75 Å². The second kappa shape index (κ2) is 7.09. The van der Waals surface area contributed by atoms with Crippen LogP contribution < -0.4 is 10.5 Å². The van der Waals surface area contributed by atoms with Crippen LogP contribution in [0.3, 0.4) is 0 Å². The van der Waals surface area contributed by atoms with Crippen LogP contribution in [0.5, 0.6) is 5.75 Å². The lowest BCUT2D eigenvalue weighted by Gasteiger charge is -2.13. The second-order valence-corrected chi connectivity index (χ2v) is 7.00. The minimum Gasteiger partial charge on any atom is -0.496 e. The molecule has 0 bridgehead atoms. The van der Waals surface area contributed by atoms with Gasteiger partial charge in [-0.15, -0.1) is 0 Å². The van der Waals surface area contributed by atoms with Crippen LogP contribution >= 0.6 is 0 Å². The van der Waals surface area contributed by atoms with Crippen LogP contribution in [0.15, 0.2) is 66.2 Å². The summed E-state index contributed by atoms with van der Waals surface area (Å²) in [4.78, 5) is 12.7. The molecular weight excluding hydrogens is 358 g/mol. The number of Topliss-reactive ketones (excluding diaryl/α,β-unsaturated/α-hetero) is 1. The molecular formula is C18H17NO6S. The highest BCUT2D eigenvalue weighted by molar-refractivity contribution is 7.86. The van der Waals surface area contributed by atoms with Crippen molar-refractivity contribution >= 4 is 15.9 Å². The SMILES string of the molecule is [2H]C1(c2ccccc2OC)OC(N)=C(OS(=O)(=O)Cc2ccccc2)C1=O. The quantitative estimate of drug-likeness (QED) is 0.769. The topological polar surface area (TPSA) is 105 Å². The minimum atomic E-state index is -4.19. The van der Waals surface area contributed by atoms with Crippen LogP contribution in [0.1, 0.15) is 18.6 Å². The van der Waals surface area contributed by atoms with Crippen molar-refractivity contribution in [1.29, 1.82) is 0 Å². The van der Waals surface area contributed by atoms with Crippen LogP contribution in [-0.2, 0) is 29.6 Å². The molecule has 0 aromatic heterocycles. The van der Waals surface area contributed by atoms with Gasteiger partial charge in [-0.3, -0.25) is 4.79 Å². The molecule has 0 saturated heterocycles. The van der Waals surface area contributed by atoms with Gasteiger partial charge in [0.15, 0.2) is 6.08 Å². The van der Waals surface area contributed by atoms with E-state index >= 15 is 0 Å². The first-order valence-electron chi connectivity index (χ1n) is 8.10. The molecule has 8 heteroatoms. The number of nitrogens with two attached hydrogens (primary N) is 1. The smallest absolute Gasteiger partial charge is 0.313 e. The summed E-state index contributed by atoms with van der Waals surface area (Å²) in [7, 11) is -2.81. The summed E-state index contributed by atoms with van der Waals surface area (Å²) < 4.78 is 48.3. The fraction of sp³-hybridized carbons (Fsp3) is 0.167. The Kier molecular flexibility index (Phi) is 4.49. The zero-order chi connectivity index (χ0) is 19.7. The van der Waals surface area contributed by atoms with E-state index in [4.69, 9.17) is 20.8 Å². The van der Waals surface area contributed by atoms with Crippen molar-refractivity contribution < 1.29 is 28.2 Å². The number of ketones is 1. The molecule has 0 aliphatic carbocycles. The number of hydrogen-bond acceptors (Lipinski definition) is 7. The van der Waals surface area contributed by atoms with Gasteiger partial charge >= 0.3 is 10.1 Å². The maximum absolute atomic E-state index is 12.7. The Morgan fingerprint density at radius 2 is 1.81 bits per heavy atom. The van der Waals surface area contributed by atoms with Gasteiger partial charge in [-0.2, -0.15) is 8.42 Å². The van der Waals surface area contributed by atoms with Gasteiger partial charge in [0.25, 0.3) is 0 Å². The van der Waals surface area contributed by atoms with E-state index < -0.39 is 39.4 Å². The first-order valence-corrected chi connectivity index (χ1v) is 9.18. The molecule has 2 N–H and O–H groups in total. The highest BCUT2D eigenvalue weighted by Crippen LogP contribution is 2.36. The Hall–Kier alpha value is -3.00. The monoisotopic (exact) mass is 376 g/mol. The Labute approximate surface area is 152 Å². The largest absolute Gasteiger partial charge is 0.496 e. The summed E-state index contributed by atoms with van der Waals surface area (Å²) in [6.45, 7) is 0. The first kappa shape index (κ1) is 16.5. The third kappa shape index (κ3) is 3.65. The van der Waals surface area contributed by atoms with Crippen LogP contribution in [-0.4, -0.2) is 21.3 Å². The first-order chi connectivity index (χ1) is 12.8. The van der Waals surface area contributed by atoms with Crippen molar-refractivity contribution in [2.45, 2.75) is 11.8 Å². The molecule has 1 atom stereocenters. The van der Waals surface area contributed by atoms with E-state index in [-0.39, 0.29) is 11.3 Å². The van der Waals surface area contributed by atoms with E-state index in [1.165, 1.54) is 13.2 Å². The molecule has 2 aromatic rings. The van der Waals surface area contributed by atoms with E-state index in [9.17, 15) is 13.2 Å². The maximum Gasteiger partial charge on any atom is 0.313 e. The van der Waals surface area contributed by atoms with Gasteiger partial charge in [0.05, 0.1) is 8.48 Å². The Balaban J connectivity index is 1.87. The average molecular weight is 376 g/mol. The molecule has 0 fully saturated rings. The summed E-state index contributed by atoms with van der Waals surface area (Å²) in [5.74, 6) is -2.55. The Morgan fingerprint density at radius 1 is 1.15 bits per heavy atom. The van der Waals surface area contributed by atoms with Gasteiger partial charge in [0, 0.05) is 5.56 Å². The molecule has 2 aromatic carbocycles. The molecule has 136 valence electrons. The summed E-state index contributed by atoms with van der Waals surface area (Å²) in [6, 6.07) is 14.6. The number of para-hydroxylation sites is 1. The summed E-state index contributed by atoms with van der Waals surface area (Å²) >= 11 is 0. The fourth-order valence-electron chi connectivity index (χ4n) is 2.44. The Bertz CT molecular complexity index is 1010. The Morgan fingerprint density at radius 3 is 2.50 bits per heavy atom. The fourth-order valence-corrected chi connectivity index (χ4v) is 3.51. The standard InChI is InChI=1S/C18H17NO6S/c1-23-14-10-6-5-9-13(14)16-15(20)17(18(19)24-16)25-26(21,22)11-12-7-3-2-4-8-12/h2-10,16H,11,19H2,1H3/i16D. The molecule has 0 radical (unpaired) electrons. The number of rotatable bonds is 6. The summed E-state index contributed by atoms with van der Waals surface area (Å²) in [5, 5.41) is 0. The number of methoxy groups -OCH3 is 1. The van der Waals surface area contributed by atoms with E-state index in [2.05, 4.69) is 0 Å². The van der Waals surface area contributed by atoms with Crippen molar-refractivity contribution in [3.63, 3.8) is 0 Å². The van der Waals surface area contributed by atoms with Crippen LogP contribution in [0.2, 0.25) is 0 Å². The van der Waals surface area contributed by atoms with E-state index in [0.29, 0.717) is 5.56 Å². The maximum atomic E-state index is 12.7. The molecule has 26 heavy (non-hydrogen) atoms. The molecule has 7 nitrogen and oxygen atoms in total. The summed E-state index contributed by atoms with van der Waals surface area (Å²) in [6.07, 6.45) is -2.30. The number of carbonyl (C=O) groups excluding carboxylic acids is 1. The normalized spacial score (nSPS) is 20.5. The van der Waals surface area contributed by atoms with Crippen LogP contribution in [0, 0.1) is 0 Å². The van der Waals surface area contributed by atoms with Gasteiger partial charge < -0.3 is 19.4 Å². The molecule has 0 saturated carbocycles. The third-order valence-corrected chi connectivity index (χ3v) is 4.70. The van der Waals surface area contributed by atoms with Crippen molar-refractivity contribution in [2.24, 2.45) is 5.73 Å². The van der Waals surface area contributed by atoms with E-state index in [1.807, 2.05) is 0 Å². The van der Waals surface area contributed by atoms with E-state index in [1.54, 1.807) is 48.5 Å². The predicted octanol–water partition coefficient (Wildman–Crippen LogP) is 2.01. The average Bonchev–Trinajstić information content (AvgIpc) is 2.86. The minimum absolute atomic E-state index is 0.0829. The number of ether oxygens (including phenoxy) is 2. The van der Waals surface area contributed by atoms with Crippen molar-refractivity contribution in [1.82, 2.24) is 0 Å². The number of benzene rings is 2. The van der Waals surface area contributed by atoms with Crippen molar-refractivity contribution in [2.75, 3.05) is 7.11 Å². The lowest BCUT2D eigenvalue weighted by Crippen LogP contribution is -2.16. The molecule has 0 spiro atoms. The van der Waals surface area contributed by atoms with Gasteiger partial charge in [-0.1, -0.05) is 48.5 Å². The molecule has 1 aliphatic rings. The molecule has 1 unspecified atom stereocenters. The second-order valence-electron chi connectivity index (χ2n) is 5.42. The number of carbonyl (C=O) groups is 1. The molecule has 1 heterocycles. The van der Waals surface area contributed by atoms with Crippen molar-refractivity contribution in [3.05, 3.63) is 77.4 Å². The third-order valence-electron chi connectivity index (χ3n) is 3.60. The molecule has 3 rings (SSSR count). The lowest BCUT2D eigenvalue weighted by molar-refractivity contribution is -0.123. The van der Waals surface area contributed by atoms with Gasteiger partial charge in [-0.25, -0.2) is 0 Å². The lowest BCUT2D eigenvalue weighted by atomic mass is 10.0. The number of hydrogen-bond donors (Lipinski definition) is 1.